The Hall–Kier alpha value is -3.11. The summed E-state index contributed by atoms with van der Waals surface area (Å²) in [5, 5.41) is 1.89. The molecule has 3 nitrogen and oxygen atoms in total. The lowest BCUT2D eigenvalue weighted by Crippen LogP contribution is -2.09. The SMILES string of the molecule is O=C(Oc1ccc(Br)c2ccccc12)c1ccc(OCCc2ccccc2)cc1. The first kappa shape index (κ1) is 19.2. The third kappa shape index (κ3) is 4.66. The van der Waals surface area contributed by atoms with Crippen LogP contribution >= 0.6 is 15.9 Å². The Morgan fingerprint density at radius 3 is 2.21 bits per heavy atom. The summed E-state index contributed by atoms with van der Waals surface area (Å²) in [6.45, 7) is 0.582. The summed E-state index contributed by atoms with van der Waals surface area (Å²) in [6.07, 6.45) is 0.835. The van der Waals surface area contributed by atoms with E-state index in [1.807, 2.05) is 48.5 Å². The molecule has 0 saturated heterocycles. The zero-order valence-electron chi connectivity index (χ0n) is 15.7. The van der Waals surface area contributed by atoms with Gasteiger partial charge in [-0.05, 0) is 47.3 Å². The van der Waals surface area contributed by atoms with E-state index in [1.165, 1.54) is 5.56 Å². The number of halogens is 1. The van der Waals surface area contributed by atoms with Crippen LogP contribution in [0.1, 0.15) is 15.9 Å². The van der Waals surface area contributed by atoms with Crippen LogP contribution in [0.25, 0.3) is 10.8 Å². The number of carbonyl (C=O) groups is 1. The maximum absolute atomic E-state index is 12.6. The molecule has 4 aromatic rings. The lowest BCUT2D eigenvalue weighted by molar-refractivity contribution is 0.0737. The fourth-order valence-corrected chi connectivity index (χ4v) is 3.58. The van der Waals surface area contributed by atoms with Crippen molar-refractivity contribution in [3.63, 3.8) is 0 Å². The Balaban J connectivity index is 1.40. The average molecular weight is 447 g/mol. The summed E-state index contributed by atoms with van der Waals surface area (Å²) in [5.74, 6) is 0.872. The number of ether oxygens (including phenoxy) is 2. The Bertz CT molecular complexity index is 1120. The first-order valence-electron chi connectivity index (χ1n) is 9.37. The predicted molar refractivity (Wildman–Crippen MR) is 119 cm³/mol. The molecule has 0 aromatic heterocycles. The number of fused-ring (bicyclic) bond motifs is 1. The number of esters is 1. The molecule has 0 heterocycles. The Morgan fingerprint density at radius 2 is 1.45 bits per heavy atom. The molecule has 0 radical (unpaired) electrons. The molecule has 0 unspecified atom stereocenters. The van der Waals surface area contributed by atoms with Gasteiger partial charge in [-0.1, -0.05) is 70.5 Å². The minimum Gasteiger partial charge on any atom is -0.493 e. The highest BCUT2D eigenvalue weighted by Gasteiger charge is 2.12. The van der Waals surface area contributed by atoms with Crippen LogP contribution < -0.4 is 9.47 Å². The van der Waals surface area contributed by atoms with Crippen molar-refractivity contribution in [2.45, 2.75) is 6.42 Å². The summed E-state index contributed by atoms with van der Waals surface area (Å²) in [7, 11) is 0. The van der Waals surface area contributed by atoms with Crippen molar-refractivity contribution >= 4 is 32.7 Å². The minimum absolute atomic E-state index is 0.395. The van der Waals surface area contributed by atoms with Crippen molar-refractivity contribution in [2.75, 3.05) is 6.61 Å². The van der Waals surface area contributed by atoms with Crippen molar-refractivity contribution in [2.24, 2.45) is 0 Å². The first-order valence-corrected chi connectivity index (χ1v) is 10.2. The predicted octanol–water partition coefficient (Wildman–Crippen LogP) is 6.44. The topological polar surface area (TPSA) is 35.5 Å². The average Bonchev–Trinajstić information content (AvgIpc) is 2.77. The van der Waals surface area contributed by atoms with Gasteiger partial charge < -0.3 is 9.47 Å². The van der Waals surface area contributed by atoms with Gasteiger partial charge in [-0.3, -0.25) is 0 Å². The van der Waals surface area contributed by atoms with E-state index in [9.17, 15) is 4.79 Å². The first-order chi connectivity index (χ1) is 14.2. The van der Waals surface area contributed by atoms with E-state index in [4.69, 9.17) is 9.47 Å². The van der Waals surface area contributed by atoms with Crippen molar-refractivity contribution in [3.8, 4) is 11.5 Å². The zero-order chi connectivity index (χ0) is 20.1. The van der Waals surface area contributed by atoms with Crippen LogP contribution in [0.5, 0.6) is 11.5 Å². The van der Waals surface area contributed by atoms with Gasteiger partial charge in [-0.15, -0.1) is 0 Å². The van der Waals surface area contributed by atoms with Gasteiger partial charge in [0, 0.05) is 16.3 Å². The summed E-state index contributed by atoms with van der Waals surface area (Å²) < 4.78 is 12.4. The molecular formula is C25H19BrO3. The van der Waals surface area contributed by atoms with Gasteiger partial charge in [-0.2, -0.15) is 0 Å². The minimum atomic E-state index is -0.395. The molecule has 0 spiro atoms. The number of carbonyl (C=O) groups excluding carboxylic acids is 1. The van der Waals surface area contributed by atoms with Gasteiger partial charge in [0.15, 0.2) is 0 Å². The van der Waals surface area contributed by atoms with Gasteiger partial charge in [0.1, 0.15) is 11.5 Å². The largest absolute Gasteiger partial charge is 0.493 e. The van der Waals surface area contributed by atoms with E-state index in [-0.39, 0.29) is 0 Å². The van der Waals surface area contributed by atoms with Crippen molar-refractivity contribution in [3.05, 3.63) is 107 Å². The molecule has 4 rings (SSSR count). The molecule has 0 aliphatic heterocycles. The molecule has 0 saturated carbocycles. The second kappa shape index (κ2) is 8.93. The molecular weight excluding hydrogens is 428 g/mol. The van der Waals surface area contributed by atoms with E-state index < -0.39 is 5.97 Å². The molecule has 0 fully saturated rings. The quantitative estimate of drug-likeness (QED) is 0.252. The molecule has 29 heavy (non-hydrogen) atoms. The highest BCUT2D eigenvalue weighted by molar-refractivity contribution is 9.10. The molecule has 0 bridgehead atoms. The summed E-state index contributed by atoms with van der Waals surface area (Å²) in [6, 6.07) is 28.7. The van der Waals surface area contributed by atoms with Crippen molar-refractivity contribution in [1.29, 1.82) is 0 Å². The molecule has 0 aliphatic rings. The lowest BCUT2D eigenvalue weighted by Gasteiger charge is -2.10. The van der Waals surface area contributed by atoms with Crippen LogP contribution in [-0.2, 0) is 6.42 Å². The molecule has 0 N–H and O–H groups in total. The van der Waals surface area contributed by atoms with Gasteiger partial charge in [-0.25, -0.2) is 4.79 Å². The maximum atomic E-state index is 12.6. The van der Waals surface area contributed by atoms with Crippen LogP contribution in [0, 0.1) is 0 Å². The maximum Gasteiger partial charge on any atom is 0.343 e. The van der Waals surface area contributed by atoms with Gasteiger partial charge in [0.2, 0.25) is 0 Å². The fraction of sp³-hybridized carbons (Fsp3) is 0.0800. The Labute approximate surface area is 178 Å². The van der Waals surface area contributed by atoms with Gasteiger partial charge in [0.05, 0.1) is 12.2 Å². The molecule has 4 heteroatoms. The second-order valence-corrected chi connectivity index (χ2v) is 7.44. The smallest absolute Gasteiger partial charge is 0.343 e. The molecule has 0 atom stereocenters. The Kier molecular flexibility index (Phi) is 5.92. The zero-order valence-corrected chi connectivity index (χ0v) is 17.3. The molecule has 4 aromatic carbocycles. The van der Waals surface area contributed by atoms with Gasteiger partial charge >= 0.3 is 5.97 Å². The van der Waals surface area contributed by atoms with Crippen LogP contribution in [0.3, 0.4) is 0 Å². The van der Waals surface area contributed by atoms with Crippen LogP contribution in [-0.4, -0.2) is 12.6 Å². The van der Waals surface area contributed by atoms with Crippen LogP contribution in [0.2, 0.25) is 0 Å². The third-order valence-corrected chi connectivity index (χ3v) is 5.32. The number of rotatable bonds is 6. The Morgan fingerprint density at radius 1 is 0.759 bits per heavy atom. The van der Waals surface area contributed by atoms with E-state index >= 15 is 0 Å². The lowest BCUT2D eigenvalue weighted by atomic mass is 10.1. The van der Waals surface area contributed by atoms with Crippen LogP contribution in [0.4, 0.5) is 0 Å². The highest BCUT2D eigenvalue weighted by Crippen LogP contribution is 2.32. The number of benzene rings is 4. The monoisotopic (exact) mass is 446 g/mol. The fourth-order valence-electron chi connectivity index (χ4n) is 3.10. The van der Waals surface area contributed by atoms with E-state index in [2.05, 4.69) is 28.1 Å². The van der Waals surface area contributed by atoms with Gasteiger partial charge in [0.25, 0.3) is 0 Å². The standard InChI is InChI=1S/C25H19BrO3/c26-23-14-15-24(22-9-5-4-8-21(22)23)29-25(27)19-10-12-20(13-11-19)28-17-16-18-6-2-1-3-7-18/h1-15H,16-17H2. The van der Waals surface area contributed by atoms with Crippen molar-refractivity contribution in [1.82, 2.24) is 0 Å². The van der Waals surface area contributed by atoms with Crippen molar-refractivity contribution < 1.29 is 14.3 Å². The van der Waals surface area contributed by atoms with E-state index in [0.29, 0.717) is 17.9 Å². The van der Waals surface area contributed by atoms with Crippen LogP contribution in [0.15, 0.2) is 95.5 Å². The molecule has 0 amide bonds. The third-order valence-electron chi connectivity index (χ3n) is 4.63. The highest BCUT2D eigenvalue weighted by atomic mass is 79.9. The number of hydrogen-bond donors (Lipinski definition) is 0. The molecule has 144 valence electrons. The summed E-state index contributed by atoms with van der Waals surface area (Å²) in [5.41, 5.74) is 1.71. The summed E-state index contributed by atoms with van der Waals surface area (Å²) in [4.78, 5) is 12.6. The molecule has 0 aliphatic carbocycles. The van der Waals surface area contributed by atoms with E-state index in [0.717, 1.165) is 27.4 Å². The van der Waals surface area contributed by atoms with E-state index in [1.54, 1.807) is 30.3 Å². The second-order valence-electron chi connectivity index (χ2n) is 6.59. The number of hydrogen-bond acceptors (Lipinski definition) is 3. The normalized spacial score (nSPS) is 10.7. The summed E-state index contributed by atoms with van der Waals surface area (Å²) >= 11 is 3.53.